The first kappa shape index (κ1) is 22.5. The lowest BCUT2D eigenvalue weighted by atomic mass is 9.96. The van der Waals surface area contributed by atoms with Gasteiger partial charge in [0.05, 0.1) is 25.6 Å². The molecule has 1 aliphatic rings. The maximum Gasteiger partial charge on any atom is 0.255 e. The van der Waals surface area contributed by atoms with Crippen LogP contribution in [0.15, 0.2) is 73.1 Å². The van der Waals surface area contributed by atoms with E-state index in [1.54, 1.807) is 43.8 Å². The number of pyridine rings is 1. The van der Waals surface area contributed by atoms with Crippen molar-refractivity contribution in [3.05, 3.63) is 89.7 Å². The lowest BCUT2D eigenvalue weighted by Crippen LogP contribution is -2.42. The van der Waals surface area contributed by atoms with Crippen molar-refractivity contribution in [2.75, 3.05) is 19.0 Å². The molecular formula is C26H28N4O3. The maximum atomic E-state index is 13.0. The Labute approximate surface area is 193 Å². The highest BCUT2D eigenvalue weighted by atomic mass is 16.5. The van der Waals surface area contributed by atoms with Gasteiger partial charge in [-0.25, -0.2) is 0 Å². The first-order valence-corrected chi connectivity index (χ1v) is 11.0. The Morgan fingerprint density at radius 2 is 1.91 bits per heavy atom. The molecule has 1 aliphatic heterocycles. The maximum absolute atomic E-state index is 13.0. The van der Waals surface area contributed by atoms with E-state index in [1.165, 1.54) is 0 Å². The van der Waals surface area contributed by atoms with E-state index in [4.69, 9.17) is 10.5 Å². The number of carbonyl (C=O) groups is 2. The van der Waals surface area contributed by atoms with Crippen molar-refractivity contribution in [3.8, 4) is 5.75 Å². The molecule has 2 atom stereocenters. The summed E-state index contributed by atoms with van der Waals surface area (Å²) in [5, 5.41) is 2.84. The van der Waals surface area contributed by atoms with Crippen LogP contribution >= 0.6 is 0 Å². The van der Waals surface area contributed by atoms with Crippen LogP contribution in [0.4, 0.5) is 5.69 Å². The summed E-state index contributed by atoms with van der Waals surface area (Å²) >= 11 is 0. The number of nitrogens with two attached hydrogens (primary N) is 1. The molecule has 0 saturated carbocycles. The van der Waals surface area contributed by atoms with Crippen molar-refractivity contribution >= 4 is 17.5 Å². The van der Waals surface area contributed by atoms with Crippen LogP contribution in [0.2, 0.25) is 0 Å². The summed E-state index contributed by atoms with van der Waals surface area (Å²) in [6.07, 6.45) is 5.35. The minimum atomic E-state index is -0.320. The number of likely N-dealkylation sites (tertiary alicyclic amines) is 1. The van der Waals surface area contributed by atoms with Gasteiger partial charge in [0.15, 0.2) is 0 Å². The number of benzene rings is 2. The van der Waals surface area contributed by atoms with Crippen LogP contribution in [0.3, 0.4) is 0 Å². The number of aromatic nitrogens is 1. The van der Waals surface area contributed by atoms with E-state index in [0.717, 1.165) is 29.7 Å². The highest BCUT2D eigenvalue weighted by Crippen LogP contribution is 2.29. The second-order valence-electron chi connectivity index (χ2n) is 8.16. The van der Waals surface area contributed by atoms with Crippen LogP contribution in [0, 0.1) is 0 Å². The van der Waals surface area contributed by atoms with Crippen molar-refractivity contribution in [2.45, 2.75) is 31.3 Å². The van der Waals surface area contributed by atoms with E-state index in [2.05, 4.69) is 10.3 Å². The first-order chi connectivity index (χ1) is 16.0. The topological polar surface area (TPSA) is 97.5 Å². The number of amides is 2. The molecule has 0 spiro atoms. The van der Waals surface area contributed by atoms with Crippen molar-refractivity contribution in [1.29, 1.82) is 0 Å². The molecule has 1 saturated heterocycles. The number of hydrogen-bond acceptors (Lipinski definition) is 5. The third kappa shape index (κ3) is 5.38. The van der Waals surface area contributed by atoms with Gasteiger partial charge in [0.25, 0.3) is 5.91 Å². The number of ether oxygens (including phenoxy) is 1. The van der Waals surface area contributed by atoms with Crippen LogP contribution in [-0.4, -0.2) is 41.4 Å². The fourth-order valence-corrected chi connectivity index (χ4v) is 4.25. The third-order valence-electron chi connectivity index (χ3n) is 6.02. The molecule has 7 heteroatoms. The average molecular weight is 445 g/mol. The Balaban J connectivity index is 1.41. The zero-order valence-corrected chi connectivity index (χ0v) is 18.6. The zero-order chi connectivity index (χ0) is 23.2. The molecule has 3 aromatic rings. The molecule has 7 nitrogen and oxygen atoms in total. The van der Waals surface area contributed by atoms with Crippen LogP contribution in [0.25, 0.3) is 0 Å². The number of nitrogens with zero attached hydrogens (tertiary/aromatic N) is 2. The van der Waals surface area contributed by atoms with E-state index < -0.39 is 0 Å². The highest BCUT2D eigenvalue weighted by molar-refractivity contribution is 6.04. The van der Waals surface area contributed by atoms with Gasteiger partial charge in [0.2, 0.25) is 5.91 Å². The Morgan fingerprint density at radius 3 is 2.64 bits per heavy atom. The SMILES string of the molecule is COc1cccc(CC(=O)N2CCCC2C(N)c2ccc(C(=O)Nc3ccncc3)cc2)c1. The Kier molecular flexibility index (Phi) is 7.00. The summed E-state index contributed by atoms with van der Waals surface area (Å²) in [7, 11) is 1.62. The third-order valence-corrected chi connectivity index (χ3v) is 6.02. The Morgan fingerprint density at radius 1 is 1.15 bits per heavy atom. The first-order valence-electron chi connectivity index (χ1n) is 11.0. The van der Waals surface area contributed by atoms with E-state index in [-0.39, 0.29) is 23.9 Å². The fraction of sp³-hybridized carbons (Fsp3) is 0.269. The van der Waals surface area contributed by atoms with E-state index in [0.29, 0.717) is 24.2 Å². The van der Waals surface area contributed by atoms with Crippen LogP contribution in [0.5, 0.6) is 5.75 Å². The minimum Gasteiger partial charge on any atom is -0.497 e. The molecule has 4 rings (SSSR count). The Bertz CT molecular complexity index is 1100. The van der Waals surface area contributed by atoms with Gasteiger partial charge in [-0.1, -0.05) is 24.3 Å². The molecule has 0 aliphatic carbocycles. The molecule has 170 valence electrons. The van der Waals surface area contributed by atoms with Crippen molar-refractivity contribution in [3.63, 3.8) is 0 Å². The van der Waals surface area contributed by atoms with Crippen molar-refractivity contribution in [1.82, 2.24) is 9.88 Å². The number of anilines is 1. The molecule has 2 aromatic carbocycles. The predicted octanol–water partition coefficient (Wildman–Crippen LogP) is 3.58. The summed E-state index contributed by atoms with van der Waals surface area (Å²) in [4.78, 5) is 31.4. The molecule has 2 heterocycles. The van der Waals surface area contributed by atoms with Gasteiger partial charge < -0.3 is 20.7 Å². The monoisotopic (exact) mass is 444 g/mol. The van der Waals surface area contributed by atoms with Crippen LogP contribution < -0.4 is 15.8 Å². The molecule has 2 amide bonds. The van der Waals surface area contributed by atoms with Crippen molar-refractivity contribution < 1.29 is 14.3 Å². The second-order valence-corrected chi connectivity index (χ2v) is 8.16. The molecule has 3 N–H and O–H groups in total. The summed E-state index contributed by atoms with van der Waals surface area (Å²) in [5.74, 6) is 0.606. The lowest BCUT2D eigenvalue weighted by Gasteiger charge is -2.30. The van der Waals surface area contributed by atoms with E-state index in [9.17, 15) is 9.59 Å². The predicted molar refractivity (Wildman–Crippen MR) is 127 cm³/mol. The largest absolute Gasteiger partial charge is 0.497 e. The van der Waals surface area contributed by atoms with Gasteiger partial charge >= 0.3 is 0 Å². The summed E-state index contributed by atoms with van der Waals surface area (Å²) in [6, 6.07) is 17.9. The number of methoxy groups -OCH3 is 1. The molecule has 1 aromatic heterocycles. The van der Waals surface area contributed by atoms with Gasteiger partial charge in [0, 0.05) is 30.2 Å². The quantitative estimate of drug-likeness (QED) is 0.581. The fourth-order valence-electron chi connectivity index (χ4n) is 4.25. The lowest BCUT2D eigenvalue weighted by molar-refractivity contribution is -0.131. The summed E-state index contributed by atoms with van der Waals surface area (Å²) < 4.78 is 5.26. The molecule has 0 radical (unpaired) electrons. The summed E-state index contributed by atoms with van der Waals surface area (Å²) in [5.41, 5.74) is 9.65. The van der Waals surface area contributed by atoms with Gasteiger partial charge in [-0.15, -0.1) is 0 Å². The zero-order valence-electron chi connectivity index (χ0n) is 18.6. The number of nitrogens with one attached hydrogen (secondary N) is 1. The van der Waals surface area contributed by atoms with Crippen molar-refractivity contribution in [2.24, 2.45) is 5.73 Å². The van der Waals surface area contributed by atoms with E-state index >= 15 is 0 Å². The van der Waals surface area contributed by atoms with E-state index in [1.807, 2.05) is 41.3 Å². The van der Waals surface area contributed by atoms with Gasteiger partial charge in [0.1, 0.15) is 5.75 Å². The van der Waals surface area contributed by atoms with Crippen LogP contribution in [-0.2, 0) is 11.2 Å². The summed E-state index contributed by atoms with van der Waals surface area (Å²) in [6.45, 7) is 0.702. The smallest absolute Gasteiger partial charge is 0.255 e. The minimum absolute atomic E-state index is 0.0644. The van der Waals surface area contributed by atoms with Gasteiger partial charge in [-0.2, -0.15) is 0 Å². The normalized spacial score (nSPS) is 16.3. The highest BCUT2D eigenvalue weighted by Gasteiger charge is 2.33. The number of carbonyl (C=O) groups excluding carboxylic acids is 2. The molecular weight excluding hydrogens is 416 g/mol. The Hall–Kier alpha value is -3.71. The van der Waals surface area contributed by atoms with Gasteiger partial charge in [-0.3, -0.25) is 14.6 Å². The molecule has 33 heavy (non-hydrogen) atoms. The molecule has 0 bridgehead atoms. The van der Waals surface area contributed by atoms with Gasteiger partial charge in [-0.05, 0) is 60.4 Å². The van der Waals surface area contributed by atoms with Crippen LogP contribution in [0.1, 0.15) is 40.4 Å². The average Bonchev–Trinajstić information content (AvgIpc) is 3.35. The number of hydrogen-bond donors (Lipinski definition) is 2. The standard InChI is InChI=1S/C26H28N4O3/c1-33-22-5-2-4-18(16-22)17-24(31)30-15-3-6-23(30)25(27)19-7-9-20(10-8-19)26(32)29-21-11-13-28-14-12-21/h2,4-5,7-14,16,23,25H,3,6,15,17,27H2,1H3,(H,28,29,32). The molecule has 2 unspecified atom stereocenters. The second kappa shape index (κ2) is 10.3. The molecule has 1 fully saturated rings. The number of rotatable bonds is 7.